The molecule has 0 fully saturated rings. The number of rotatable bonds is 2. The van der Waals surface area contributed by atoms with Crippen molar-refractivity contribution in [3.63, 3.8) is 0 Å². The zero-order valence-electron chi connectivity index (χ0n) is 12.5. The van der Waals surface area contributed by atoms with Crippen molar-refractivity contribution in [1.29, 1.82) is 0 Å². The first-order chi connectivity index (χ1) is 11.3. The van der Waals surface area contributed by atoms with Crippen molar-refractivity contribution in [2.75, 3.05) is 13.4 Å². The molecule has 0 saturated heterocycles. The van der Waals surface area contributed by atoms with E-state index in [4.69, 9.17) is 19.2 Å². The van der Waals surface area contributed by atoms with Crippen molar-refractivity contribution in [3.05, 3.63) is 35.9 Å². The average molecular weight is 326 g/mol. The van der Waals surface area contributed by atoms with E-state index in [1.165, 1.54) is 5.56 Å². The van der Waals surface area contributed by atoms with E-state index >= 15 is 0 Å². The molecule has 0 spiro atoms. The summed E-state index contributed by atoms with van der Waals surface area (Å²) in [5.41, 5.74) is 4.37. The van der Waals surface area contributed by atoms with Crippen LogP contribution in [-0.2, 0) is 5.75 Å². The lowest BCUT2D eigenvalue weighted by atomic mass is 10.1. The van der Waals surface area contributed by atoms with Crippen LogP contribution in [-0.4, -0.2) is 23.0 Å². The molecule has 3 aromatic rings. The second kappa shape index (κ2) is 4.83. The van der Waals surface area contributed by atoms with Gasteiger partial charge in [0.05, 0.1) is 23.3 Å². The topological polar surface area (TPSA) is 45.5 Å². The van der Waals surface area contributed by atoms with Gasteiger partial charge in [-0.05, 0) is 30.7 Å². The molecular weight excluding hydrogens is 312 g/mol. The number of thioether (sulfide) groups is 1. The van der Waals surface area contributed by atoms with Crippen LogP contribution in [0.15, 0.2) is 35.5 Å². The monoisotopic (exact) mass is 326 g/mol. The first-order valence-electron chi connectivity index (χ1n) is 7.54. The van der Waals surface area contributed by atoms with E-state index in [0.717, 1.165) is 44.9 Å². The highest BCUT2D eigenvalue weighted by atomic mass is 32.2. The quantitative estimate of drug-likeness (QED) is 0.717. The summed E-state index contributed by atoms with van der Waals surface area (Å²) in [5.74, 6) is 3.37. The summed E-state index contributed by atoms with van der Waals surface area (Å²) in [6, 6.07) is 10.2. The SMILES string of the molecule is CCOc1ccc2nc3n(c2c1)-c1cc2c(cc1CS3)OCO2. The molecule has 0 radical (unpaired) electrons. The van der Waals surface area contributed by atoms with Crippen molar-refractivity contribution in [3.8, 4) is 22.9 Å². The van der Waals surface area contributed by atoms with Gasteiger partial charge in [-0.2, -0.15) is 0 Å². The average Bonchev–Trinajstić information content (AvgIpc) is 3.16. The van der Waals surface area contributed by atoms with Crippen LogP contribution in [0.1, 0.15) is 12.5 Å². The maximum atomic E-state index is 5.64. The summed E-state index contributed by atoms with van der Waals surface area (Å²) in [7, 11) is 0. The largest absolute Gasteiger partial charge is 0.494 e. The standard InChI is InChI=1S/C17H14N2O3S/c1-2-20-11-3-4-12-14(6-11)19-13-7-16-15(21-9-22-16)5-10(13)8-23-17(19)18-12/h3-7H,2,8-9H2,1H3. The lowest BCUT2D eigenvalue weighted by molar-refractivity contribution is 0.174. The summed E-state index contributed by atoms with van der Waals surface area (Å²) < 4.78 is 18.9. The lowest BCUT2D eigenvalue weighted by Gasteiger charge is -2.19. The summed E-state index contributed by atoms with van der Waals surface area (Å²) >= 11 is 1.74. The molecule has 2 aliphatic heterocycles. The van der Waals surface area contributed by atoms with Crippen molar-refractivity contribution in [2.45, 2.75) is 17.8 Å². The van der Waals surface area contributed by atoms with Gasteiger partial charge in [-0.15, -0.1) is 0 Å². The van der Waals surface area contributed by atoms with E-state index in [1.807, 2.05) is 19.1 Å². The van der Waals surface area contributed by atoms with Crippen LogP contribution >= 0.6 is 11.8 Å². The van der Waals surface area contributed by atoms with E-state index < -0.39 is 0 Å². The molecule has 0 bridgehead atoms. The first-order valence-corrected chi connectivity index (χ1v) is 8.53. The Balaban J connectivity index is 1.76. The van der Waals surface area contributed by atoms with Gasteiger partial charge < -0.3 is 14.2 Å². The Hall–Kier alpha value is -2.34. The third-order valence-corrected chi connectivity index (χ3v) is 5.07. The minimum Gasteiger partial charge on any atom is -0.494 e. The molecule has 0 N–H and O–H groups in total. The van der Waals surface area contributed by atoms with Gasteiger partial charge >= 0.3 is 0 Å². The highest BCUT2D eigenvalue weighted by Crippen LogP contribution is 2.43. The number of fused-ring (bicyclic) bond motifs is 6. The number of aromatic nitrogens is 2. The van der Waals surface area contributed by atoms with E-state index in [-0.39, 0.29) is 6.79 Å². The van der Waals surface area contributed by atoms with E-state index in [2.05, 4.69) is 22.8 Å². The number of imidazole rings is 1. The number of nitrogens with zero attached hydrogens (tertiary/aromatic N) is 2. The van der Waals surface area contributed by atoms with Crippen molar-refractivity contribution < 1.29 is 14.2 Å². The van der Waals surface area contributed by atoms with E-state index in [1.54, 1.807) is 11.8 Å². The predicted octanol–water partition coefficient (Wildman–Crippen LogP) is 3.76. The van der Waals surface area contributed by atoms with Crippen LogP contribution in [0, 0.1) is 0 Å². The molecule has 2 aromatic carbocycles. The summed E-state index contributed by atoms with van der Waals surface area (Å²) in [5, 5.41) is 1.00. The number of benzene rings is 2. The third kappa shape index (κ3) is 1.91. The van der Waals surface area contributed by atoms with Crippen LogP contribution in [0.25, 0.3) is 16.7 Å². The fourth-order valence-corrected chi connectivity index (χ4v) is 4.06. The van der Waals surface area contributed by atoms with E-state index in [9.17, 15) is 0 Å². The molecule has 2 aliphatic rings. The van der Waals surface area contributed by atoms with Crippen LogP contribution in [0.5, 0.6) is 17.2 Å². The fraction of sp³-hybridized carbons (Fsp3) is 0.235. The summed E-state index contributed by atoms with van der Waals surface area (Å²) in [6.45, 7) is 2.93. The highest BCUT2D eigenvalue weighted by Gasteiger charge is 2.25. The Labute approximate surface area is 137 Å². The second-order valence-electron chi connectivity index (χ2n) is 5.44. The number of ether oxygens (including phenoxy) is 3. The van der Waals surface area contributed by atoms with Gasteiger partial charge in [0.25, 0.3) is 0 Å². The van der Waals surface area contributed by atoms with Gasteiger partial charge in [-0.3, -0.25) is 4.57 Å². The Morgan fingerprint density at radius 3 is 2.96 bits per heavy atom. The molecule has 1 aromatic heterocycles. The Bertz CT molecular complexity index is 935. The van der Waals surface area contributed by atoms with Gasteiger partial charge in [-0.1, -0.05) is 11.8 Å². The molecule has 6 heteroatoms. The van der Waals surface area contributed by atoms with Crippen LogP contribution < -0.4 is 14.2 Å². The molecule has 5 nitrogen and oxygen atoms in total. The predicted molar refractivity (Wildman–Crippen MR) is 87.9 cm³/mol. The Morgan fingerprint density at radius 1 is 1.22 bits per heavy atom. The zero-order chi connectivity index (χ0) is 15.4. The summed E-state index contributed by atoms with van der Waals surface area (Å²) in [6.07, 6.45) is 0. The number of hydrogen-bond donors (Lipinski definition) is 0. The fourth-order valence-electron chi connectivity index (χ4n) is 3.06. The third-order valence-electron chi connectivity index (χ3n) is 4.08. The van der Waals surface area contributed by atoms with Crippen LogP contribution in [0.3, 0.4) is 0 Å². The first kappa shape index (κ1) is 13.1. The summed E-state index contributed by atoms with van der Waals surface area (Å²) in [4.78, 5) is 4.75. The van der Waals surface area contributed by atoms with Crippen LogP contribution in [0.2, 0.25) is 0 Å². The maximum absolute atomic E-state index is 5.64. The minimum absolute atomic E-state index is 0.289. The van der Waals surface area contributed by atoms with Crippen molar-refractivity contribution in [1.82, 2.24) is 9.55 Å². The highest BCUT2D eigenvalue weighted by molar-refractivity contribution is 7.98. The van der Waals surface area contributed by atoms with Crippen molar-refractivity contribution in [2.24, 2.45) is 0 Å². The van der Waals surface area contributed by atoms with Gasteiger partial charge in [0, 0.05) is 17.9 Å². The van der Waals surface area contributed by atoms with Gasteiger partial charge in [0.2, 0.25) is 6.79 Å². The molecular formula is C17H14N2O3S. The minimum atomic E-state index is 0.289. The van der Waals surface area contributed by atoms with Gasteiger partial charge in [-0.25, -0.2) is 4.98 Å². The number of hydrogen-bond acceptors (Lipinski definition) is 5. The normalized spacial score (nSPS) is 14.7. The van der Waals surface area contributed by atoms with E-state index in [0.29, 0.717) is 6.61 Å². The van der Waals surface area contributed by atoms with Crippen molar-refractivity contribution >= 4 is 22.8 Å². The molecule has 23 heavy (non-hydrogen) atoms. The molecule has 116 valence electrons. The molecule has 0 atom stereocenters. The molecule has 5 rings (SSSR count). The second-order valence-corrected chi connectivity index (χ2v) is 6.38. The zero-order valence-corrected chi connectivity index (χ0v) is 13.4. The molecule has 0 amide bonds. The lowest BCUT2D eigenvalue weighted by Crippen LogP contribution is -2.06. The maximum Gasteiger partial charge on any atom is 0.231 e. The molecule has 0 unspecified atom stereocenters. The van der Waals surface area contributed by atoms with Gasteiger partial charge in [0.15, 0.2) is 16.7 Å². The Morgan fingerprint density at radius 2 is 2.09 bits per heavy atom. The smallest absolute Gasteiger partial charge is 0.231 e. The molecule has 0 saturated carbocycles. The molecule has 0 aliphatic carbocycles. The van der Waals surface area contributed by atoms with Gasteiger partial charge in [0.1, 0.15) is 5.75 Å². The Kier molecular flexibility index (Phi) is 2.76. The molecule has 3 heterocycles. The van der Waals surface area contributed by atoms with Crippen LogP contribution in [0.4, 0.5) is 0 Å².